The molecular formula is C18H17BrN2O. The number of nitrogens with zero attached hydrogens (tertiary/aromatic N) is 1. The third-order valence-electron chi connectivity index (χ3n) is 3.58. The van der Waals surface area contributed by atoms with Crippen molar-refractivity contribution in [3.05, 3.63) is 64.3 Å². The van der Waals surface area contributed by atoms with Crippen LogP contribution in [0.2, 0.25) is 0 Å². The van der Waals surface area contributed by atoms with Crippen LogP contribution < -0.4 is 10.1 Å². The number of halogens is 1. The highest BCUT2D eigenvalue weighted by Crippen LogP contribution is 2.30. The molecule has 1 heterocycles. The Bertz CT molecular complexity index is 817. The normalized spacial score (nSPS) is 10.7. The van der Waals surface area contributed by atoms with Crippen molar-refractivity contribution >= 4 is 32.5 Å². The molecule has 0 spiro atoms. The number of aromatic nitrogens is 1. The van der Waals surface area contributed by atoms with E-state index >= 15 is 0 Å². The number of hydrogen-bond donors (Lipinski definition) is 1. The van der Waals surface area contributed by atoms with Crippen LogP contribution in [-0.2, 0) is 6.54 Å². The molecule has 0 bridgehead atoms. The molecule has 0 saturated heterocycles. The highest BCUT2D eigenvalue weighted by atomic mass is 79.9. The summed E-state index contributed by atoms with van der Waals surface area (Å²) in [5.41, 5.74) is 4.14. The van der Waals surface area contributed by atoms with Gasteiger partial charge < -0.3 is 10.1 Å². The van der Waals surface area contributed by atoms with Crippen molar-refractivity contribution in [3.8, 4) is 5.75 Å². The first kappa shape index (κ1) is 14.9. The van der Waals surface area contributed by atoms with E-state index in [1.54, 1.807) is 7.11 Å². The van der Waals surface area contributed by atoms with Gasteiger partial charge in [-0.05, 0) is 30.7 Å². The van der Waals surface area contributed by atoms with E-state index in [4.69, 9.17) is 4.74 Å². The minimum absolute atomic E-state index is 0.747. The molecule has 3 aromatic rings. The van der Waals surface area contributed by atoms with E-state index in [0.717, 1.165) is 39.1 Å². The molecule has 0 aliphatic heterocycles. The van der Waals surface area contributed by atoms with Crippen LogP contribution in [0.3, 0.4) is 0 Å². The number of rotatable bonds is 4. The van der Waals surface area contributed by atoms with Gasteiger partial charge in [-0.3, -0.25) is 0 Å². The van der Waals surface area contributed by atoms with E-state index in [1.807, 2.05) is 31.2 Å². The summed E-state index contributed by atoms with van der Waals surface area (Å²) in [6.45, 7) is 2.74. The Morgan fingerprint density at radius 3 is 2.73 bits per heavy atom. The lowest BCUT2D eigenvalue weighted by Gasteiger charge is -2.13. The smallest absolute Gasteiger partial charge is 0.145 e. The number of benzene rings is 2. The topological polar surface area (TPSA) is 34.1 Å². The van der Waals surface area contributed by atoms with Crippen molar-refractivity contribution in [3.63, 3.8) is 0 Å². The number of fused-ring (bicyclic) bond motifs is 1. The Morgan fingerprint density at radius 2 is 1.95 bits per heavy atom. The van der Waals surface area contributed by atoms with E-state index in [0.29, 0.717) is 0 Å². The van der Waals surface area contributed by atoms with Crippen LogP contribution in [0.5, 0.6) is 5.75 Å². The molecule has 0 fully saturated rings. The summed E-state index contributed by atoms with van der Waals surface area (Å²) in [7, 11) is 1.67. The predicted molar refractivity (Wildman–Crippen MR) is 94.5 cm³/mol. The van der Waals surface area contributed by atoms with E-state index in [-0.39, 0.29) is 0 Å². The van der Waals surface area contributed by atoms with Gasteiger partial charge in [-0.2, -0.15) is 0 Å². The van der Waals surface area contributed by atoms with Gasteiger partial charge in [0.25, 0.3) is 0 Å². The molecule has 1 aromatic heterocycles. The first-order chi connectivity index (χ1) is 10.7. The molecule has 3 nitrogen and oxygen atoms in total. The summed E-state index contributed by atoms with van der Waals surface area (Å²) >= 11 is 3.58. The standard InChI is InChI=1S/C18H17BrN2O/c1-12-10-16(20-11-13-6-3-4-8-15(13)19)14-7-5-9-17(22-2)18(14)21-12/h3-10H,11H2,1-2H3,(H,20,21). The van der Waals surface area contributed by atoms with Crippen LogP contribution in [0.15, 0.2) is 53.0 Å². The molecule has 0 unspecified atom stereocenters. The van der Waals surface area contributed by atoms with E-state index in [1.165, 1.54) is 5.56 Å². The molecule has 0 atom stereocenters. The zero-order valence-corrected chi connectivity index (χ0v) is 14.1. The van der Waals surface area contributed by atoms with Crippen LogP contribution in [0.4, 0.5) is 5.69 Å². The van der Waals surface area contributed by atoms with Gasteiger partial charge in [0.05, 0.1) is 7.11 Å². The SMILES string of the molecule is COc1cccc2c(NCc3ccccc3Br)cc(C)nc12. The van der Waals surface area contributed by atoms with Crippen molar-refractivity contribution in [2.24, 2.45) is 0 Å². The Kier molecular flexibility index (Phi) is 4.29. The van der Waals surface area contributed by atoms with Crippen molar-refractivity contribution < 1.29 is 4.74 Å². The van der Waals surface area contributed by atoms with Gasteiger partial charge in [-0.1, -0.05) is 46.3 Å². The van der Waals surface area contributed by atoms with Gasteiger partial charge in [0.1, 0.15) is 11.3 Å². The van der Waals surface area contributed by atoms with Gasteiger partial charge in [-0.15, -0.1) is 0 Å². The lowest BCUT2D eigenvalue weighted by molar-refractivity contribution is 0.419. The molecule has 0 aliphatic carbocycles. The fourth-order valence-electron chi connectivity index (χ4n) is 2.49. The quantitative estimate of drug-likeness (QED) is 0.719. The summed E-state index contributed by atoms with van der Waals surface area (Å²) in [5, 5.41) is 4.58. The first-order valence-corrected chi connectivity index (χ1v) is 7.90. The average Bonchev–Trinajstić information content (AvgIpc) is 2.53. The molecular weight excluding hydrogens is 340 g/mol. The monoisotopic (exact) mass is 356 g/mol. The zero-order valence-electron chi connectivity index (χ0n) is 12.6. The maximum Gasteiger partial charge on any atom is 0.145 e. The maximum atomic E-state index is 5.42. The number of aryl methyl sites for hydroxylation is 1. The molecule has 0 amide bonds. The van der Waals surface area contributed by atoms with Crippen molar-refractivity contribution in [1.29, 1.82) is 0 Å². The van der Waals surface area contributed by atoms with Crippen LogP contribution in [0.25, 0.3) is 10.9 Å². The van der Waals surface area contributed by atoms with Crippen molar-refractivity contribution in [2.45, 2.75) is 13.5 Å². The van der Waals surface area contributed by atoms with Gasteiger partial charge >= 0.3 is 0 Å². The van der Waals surface area contributed by atoms with Crippen LogP contribution in [0, 0.1) is 6.92 Å². The van der Waals surface area contributed by atoms with E-state index in [2.05, 4.69) is 50.5 Å². The molecule has 0 aliphatic rings. The fraction of sp³-hybridized carbons (Fsp3) is 0.167. The van der Waals surface area contributed by atoms with Crippen molar-refractivity contribution in [2.75, 3.05) is 12.4 Å². The van der Waals surface area contributed by atoms with E-state index in [9.17, 15) is 0 Å². The molecule has 0 saturated carbocycles. The Labute approximate surface area is 138 Å². The number of hydrogen-bond acceptors (Lipinski definition) is 3. The Morgan fingerprint density at radius 1 is 1.14 bits per heavy atom. The molecule has 3 rings (SSSR count). The lowest BCUT2D eigenvalue weighted by atomic mass is 10.1. The molecule has 2 aromatic carbocycles. The van der Waals surface area contributed by atoms with Gasteiger partial charge in [0, 0.05) is 27.8 Å². The average molecular weight is 357 g/mol. The number of nitrogens with one attached hydrogen (secondary N) is 1. The summed E-state index contributed by atoms with van der Waals surface area (Å²) in [6, 6.07) is 16.3. The number of para-hydroxylation sites is 1. The van der Waals surface area contributed by atoms with E-state index < -0.39 is 0 Å². The summed E-state index contributed by atoms with van der Waals surface area (Å²) in [4.78, 5) is 4.61. The minimum atomic E-state index is 0.747. The highest BCUT2D eigenvalue weighted by molar-refractivity contribution is 9.10. The van der Waals surface area contributed by atoms with Gasteiger partial charge in [0.15, 0.2) is 0 Å². The predicted octanol–water partition coefficient (Wildman–Crippen LogP) is 4.93. The molecule has 112 valence electrons. The Balaban J connectivity index is 1.98. The molecule has 1 N–H and O–H groups in total. The first-order valence-electron chi connectivity index (χ1n) is 7.10. The second-order valence-electron chi connectivity index (χ2n) is 5.11. The summed E-state index contributed by atoms with van der Waals surface area (Å²) in [5.74, 6) is 0.796. The number of methoxy groups -OCH3 is 1. The van der Waals surface area contributed by atoms with Crippen LogP contribution in [0.1, 0.15) is 11.3 Å². The minimum Gasteiger partial charge on any atom is -0.494 e. The number of pyridine rings is 1. The molecule has 0 radical (unpaired) electrons. The van der Waals surface area contributed by atoms with Crippen LogP contribution in [-0.4, -0.2) is 12.1 Å². The lowest BCUT2D eigenvalue weighted by Crippen LogP contribution is -2.02. The van der Waals surface area contributed by atoms with Gasteiger partial charge in [-0.25, -0.2) is 4.98 Å². The third-order valence-corrected chi connectivity index (χ3v) is 4.35. The largest absolute Gasteiger partial charge is 0.494 e. The summed E-state index contributed by atoms with van der Waals surface area (Å²) in [6.07, 6.45) is 0. The Hall–Kier alpha value is -2.07. The molecule has 22 heavy (non-hydrogen) atoms. The number of ether oxygens (including phenoxy) is 1. The fourth-order valence-corrected chi connectivity index (χ4v) is 2.92. The van der Waals surface area contributed by atoms with Gasteiger partial charge in [0.2, 0.25) is 0 Å². The second-order valence-corrected chi connectivity index (χ2v) is 5.97. The number of anilines is 1. The third kappa shape index (κ3) is 2.92. The highest BCUT2D eigenvalue weighted by Gasteiger charge is 2.08. The zero-order chi connectivity index (χ0) is 15.5. The van der Waals surface area contributed by atoms with Crippen LogP contribution >= 0.6 is 15.9 Å². The molecule has 4 heteroatoms. The second kappa shape index (κ2) is 6.36. The van der Waals surface area contributed by atoms with Crippen molar-refractivity contribution in [1.82, 2.24) is 4.98 Å². The summed E-state index contributed by atoms with van der Waals surface area (Å²) < 4.78 is 6.53. The maximum absolute atomic E-state index is 5.42.